The van der Waals surface area contributed by atoms with Gasteiger partial charge in [-0.15, -0.1) is 0 Å². The van der Waals surface area contributed by atoms with Gasteiger partial charge in [0.2, 0.25) is 0 Å². The third-order valence-electron chi connectivity index (χ3n) is 3.46. The molecular formula is C15H27N3. The SMILES string of the molecule is CCCCC(CC)CC(NCC)c1ncccn1. The quantitative estimate of drug-likeness (QED) is 0.724. The maximum absolute atomic E-state index is 4.39. The second-order valence-electron chi connectivity index (χ2n) is 4.87. The van der Waals surface area contributed by atoms with Crippen molar-refractivity contribution in [3.05, 3.63) is 24.3 Å². The molecule has 1 rings (SSSR count). The van der Waals surface area contributed by atoms with Gasteiger partial charge in [-0.05, 0) is 24.9 Å². The van der Waals surface area contributed by atoms with Gasteiger partial charge in [-0.1, -0.05) is 46.5 Å². The molecule has 0 saturated heterocycles. The number of hydrogen-bond donors (Lipinski definition) is 1. The van der Waals surface area contributed by atoms with Gasteiger partial charge in [-0.25, -0.2) is 9.97 Å². The van der Waals surface area contributed by atoms with Crippen molar-refractivity contribution in [2.45, 2.75) is 58.9 Å². The highest BCUT2D eigenvalue weighted by atomic mass is 15.0. The minimum Gasteiger partial charge on any atom is -0.308 e. The molecule has 0 bridgehead atoms. The van der Waals surface area contributed by atoms with Crippen molar-refractivity contribution < 1.29 is 0 Å². The van der Waals surface area contributed by atoms with E-state index in [0.29, 0.717) is 6.04 Å². The zero-order chi connectivity index (χ0) is 13.2. The molecule has 2 atom stereocenters. The van der Waals surface area contributed by atoms with Crippen LogP contribution in [0.1, 0.15) is 64.7 Å². The van der Waals surface area contributed by atoms with E-state index in [2.05, 4.69) is 36.1 Å². The van der Waals surface area contributed by atoms with E-state index in [1.54, 1.807) is 0 Å². The molecule has 0 spiro atoms. The lowest BCUT2D eigenvalue weighted by atomic mass is 9.91. The summed E-state index contributed by atoms with van der Waals surface area (Å²) in [7, 11) is 0. The van der Waals surface area contributed by atoms with E-state index in [1.165, 1.54) is 25.7 Å². The second kappa shape index (κ2) is 9.03. The first-order chi connectivity index (χ1) is 8.81. The fourth-order valence-corrected chi connectivity index (χ4v) is 2.33. The molecule has 0 saturated carbocycles. The van der Waals surface area contributed by atoms with Crippen LogP contribution in [0.15, 0.2) is 18.5 Å². The molecule has 1 heterocycles. The van der Waals surface area contributed by atoms with Gasteiger partial charge in [0.25, 0.3) is 0 Å². The maximum atomic E-state index is 4.39. The Morgan fingerprint density at radius 3 is 2.44 bits per heavy atom. The predicted octanol–water partition coefficient (Wildman–Crippen LogP) is 3.73. The van der Waals surface area contributed by atoms with Gasteiger partial charge in [-0.2, -0.15) is 0 Å². The van der Waals surface area contributed by atoms with Crippen molar-refractivity contribution >= 4 is 0 Å². The van der Waals surface area contributed by atoms with E-state index in [1.807, 2.05) is 18.5 Å². The molecular weight excluding hydrogens is 222 g/mol. The van der Waals surface area contributed by atoms with Gasteiger partial charge in [0.15, 0.2) is 0 Å². The van der Waals surface area contributed by atoms with Crippen LogP contribution in [0, 0.1) is 5.92 Å². The molecule has 102 valence electrons. The molecule has 1 N–H and O–H groups in total. The number of nitrogens with one attached hydrogen (secondary N) is 1. The fraction of sp³-hybridized carbons (Fsp3) is 0.733. The molecule has 0 fully saturated rings. The lowest BCUT2D eigenvalue weighted by molar-refractivity contribution is 0.348. The molecule has 2 unspecified atom stereocenters. The van der Waals surface area contributed by atoms with Crippen molar-refractivity contribution in [3.63, 3.8) is 0 Å². The predicted molar refractivity (Wildman–Crippen MR) is 76.4 cm³/mol. The van der Waals surface area contributed by atoms with Crippen LogP contribution in [0.5, 0.6) is 0 Å². The topological polar surface area (TPSA) is 37.8 Å². The van der Waals surface area contributed by atoms with Crippen LogP contribution < -0.4 is 5.32 Å². The van der Waals surface area contributed by atoms with Crippen LogP contribution in [-0.2, 0) is 0 Å². The van der Waals surface area contributed by atoms with Crippen LogP contribution in [0.2, 0.25) is 0 Å². The Morgan fingerprint density at radius 2 is 1.89 bits per heavy atom. The summed E-state index contributed by atoms with van der Waals surface area (Å²) in [4.78, 5) is 8.78. The summed E-state index contributed by atoms with van der Waals surface area (Å²) in [5, 5.41) is 3.52. The first-order valence-electron chi connectivity index (χ1n) is 7.32. The summed E-state index contributed by atoms with van der Waals surface area (Å²) < 4.78 is 0. The van der Waals surface area contributed by atoms with E-state index in [-0.39, 0.29) is 0 Å². The molecule has 3 heteroatoms. The van der Waals surface area contributed by atoms with Crippen LogP contribution in [0.25, 0.3) is 0 Å². The van der Waals surface area contributed by atoms with E-state index < -0.39 is 0 Å². The Hall–Kier alpha value is -0.960. The first-order valence-corrected chi connectivity index (χ1v) is 7.32. The average molecular weight is 249 g/mol. The van der Waals surface area contributed by atoms with Crippen LogP contribution >= 0.6 is 0 Å². The molecule has 0 aromatic carbocycles. The monoisotopic (exact) mass is 249 g/mol. The summed E-state index contributed by atoms with van der Waals surface area (Å²) in [6.45, 7) is 7.65. The van der Waals surface area contributed by atoms with E-state index in [9.17, 15) is 0 Å². The fourth-order valence-electron chi connectivity index (χ4n) is 2.33. The minimum atomic E-state index is 0.304. The summed E-state index contributed by atoms with van der Waals surface area (Å²) in [5.41, 5.74) is 0. The number of aromatic nitrogens is 2. The lowest BCUT2D eigenvalue weighted by Crippen LogP contribution is -2.25. The van der Waals surface area contributed by atoms with Crippen LogP contribution in [0.4, 0.5) is 0 Å². The molecule has 18 heavy (non-hydrogen) atoms. The van der Waals surface area contributed by atoms with Crippen molar-refractivity contribution in [1.82, 2.24) is 15.3 Å². The maximum Gasteiger partial charge on any atom is 0.145 e. The number of unbranched alkanes of at least 4 members (excludes halogenated alkanes) is 1. The molecule has 0 aliphatic heterocycles. The van der Waals surface area contributed by atoms with Gasteiger partial charge in [-0.3, -0.25) is 0 Å². The van der Waals surface area contributed by atoms with Gasteiger partial charge in [0, 0.05) is 12.4 Å². The van der Waals surface area contributed by atoms with E-state index in [0.717, 1.165) is 24.7 Å². The Kier molecular flexibility index (Phi) is 7.58. The van der Waals surface area contributed by atoms with Crippen molar-refractivity contribution in [2.24, 2.45) is 5.92 Å². The molecule has 1 aromatic rings. The highest BCUT2D eigenvalue weighted by molar-refractivity contribution is 4.96. The van der Waals surface area contributed by atoms with Gasteiger partial charge in [0.1, 0.15) is 5.82 Å². The van der Waals surface area contributed by atoms with Crippen LogP contribution in [0.3, 0.4) is 0 Å². The molecule has 0 amide bonds. The van der Waals surface area contributed by atoms with E-state index in [4.69, 9.17) is 0 Å². The number of nitrogens with zero attached hydrogens (tertiary/aromatic N) is 2. The van der Waals surface area contributed by atoms with Crippen molar-refractivity contribution in [3.8, 4) is 0 Å². The minimum absolute atomic E-state index is 0.304. The van der Waals surface area contributed by atoms with Gasteiger partial charge in [0.05, 0.1) is 6.04 Å². The first kappa shape index (κ1) is 15.1. The number of hydrogen-bond acceptors (Lipinski definition) is 3. The standard InChI is InChI=1S/C15H27N3/c1-4-7-9-13(5-2)12-14(16-6-3)15-17-10-8-11-18-15/h8,10-11,13-14,16H,4-7,9,12H2,1-3H3. The van der Waals surface area contributed by atoms with Crippen molar-refractivity contribution in [2.75, 3.05) is 6.54 Å². The summed E-state index contributed by atoms with van der Waals surface area (Å²) in [5.74, 6) is 1.71. The largest absolute Gasteiger partial charge is 0.308 e. The Morgan fingerprint density at radius 1 is 1.17 bits per heavy atom. The molecule has 3 nitrogen and oxygen atoms in total. The summed E-state index contributed by atoms with van der Waals surface area (Å²) in [6, 6.07) is 2.18. The van der Waals surface area contributed by atoms with Gasteiger partial charge >= 0.3 is 0 Å². The Labute approximate surface area is 111 Å². The van der Waals surface area contributed by atoms with Crippen LogP contribution in [-0.4, -0.2) is 16.5 Å². The number of rotatable bonds is 9. The van der Waals surface area contributed by atoms with Gasteiger partial charge < -0.3 is 5.32 Å². The highest BCUT2D eigenvalue weighted by Crippen LogP contribution is 2.24. The molecule has 0 radical (unpaired) electrons. The highest BCUT2D eigenvalue weighted by Gasteiger charge is 2.17. The third-order valence-corrected chi connectivity index (χ3v) is 3.46. The van der Waals surface area contributed by atoms with E-state index >= 15 is 0 Å². The lowest BCUT2D eigenvalue weighted by Gasteiger charge is -2.22. The molecule has 0 aliphatic rings. The second-order valence-corrected chi connectivity index (χ2v) is 4.87. The third kappa shape index (κ3) is 5.13. The zero-order valence-corrected chi connectivity index (χ0v) is 12.0. The average Bonchev–Trinajstić information content (AvgIpc) is 2.43. The zero-order valence-electron chi connectivity index (χ0n) is 12.0. The summed E-state index contributed by atoms with van der Waals surface area (Å²) >= 11 is 0. The normalized spacial score (nSPS) is 14.4. The summed E-state index contributed by atoms with van der Waals surface area (Å²) in [6.07, 6.45) is 9.99. The Bertz CT molecular complexity index is 300. The molecule has 0 aliphatic carbocycles. The Balaban J connectivity index is 2.61. The molecule has 1 aromatic heterocycles. The smallest absolute Gasteiger partial charge is 0.145 e. The van der Waals surface area contributed by atoms with Crippen molar-refractivity contribution in [1.29, 1.82) is 0 Å².